The lowest BCUT2D eigenvalue weighted by atomic mass is 10.0. The summed E-state index contributed by atoms with van der Waals surface area (Å²) in [4.78, 5) is 12.6. The molecule has 0 bridgehead atoms. The van der Waals surface area contributed by atoms with Crippen LogP contribution in [0.3, 0.4) is 0 Å². The van der Waals surface area contributed by atoms with Gasteiger partial charge in [-0.2, -0.15) is 0 Å². The van der Waals surface area contributed by atoms with Gasteiger partial charge in [-0.25, -0.2) is 0 Å². The van der Waals surface area contributed by atoms with Crippen molar-refractivity contribution in [1.29, 1.82) is 0 Å². The summed E-state index contributed by atoms with van der Waals surface area (Å²) in [5.74, 6) is 1.06. The highest BCUT2D eigenvalue weighted by molar-refractivity contribution is 5.80. The van der Waals surface area contributed by atoms with Gasteiger partial charge in [0.1, 0.15) is 5.75 Å². The summed E-state index contributed by atoms with van der Waals surface area (Å²) in [6.07, 6.45) is 1.42. The minimum atomic E-state index is -0.538. The summed E-state index contributed by atoms with van der Waals surface area (Å²) in [7, 11) is 0. The van der Waals surface area contributed by atoms with Crippen molar-refractivity contribution in [1.82, 2.24) is 5.32 Å². The molecule has 0 heterocycles. The summed E-state index contributed by atoms with van der Waals surface area (Å²) in [5, 5.41) is 3.04. The number of ether oxygens (including phenoxy) is 1. The maximum absolute atomic E-state index is 12.6. The average Bonchev–Trinajstić information content (AvgIpc) is 2.65. The Morgan fingerprint density at radius 2 is 1.74 bits per heavy atom. The van der Waals surface area contributed by atoms with Gasteiger partial charge in [0.05, 0.1) is 0 Å². The van der Waals surface area contributed by atoms with Crippen LogP contribution in [0.5, 0.6) is 5.75 Å². The lowest BCUT2D eigenvalue weighted by Crippen LogP contribution is -2.36. The largest absolute Gasteiger partial charge is 0.481 e. The molecule has 2 rings (SSSR count). The Balaban J connectivity index is 2.06. The molecule has 0 aromatic heterocycles. The number of rotatable bonds is 8. The zero-order valence-electron chi connectivity index (χ0n) is 17.6. The van der Waals surface area contributed by atoms with Crippen molar-refractivity contribution in [2.45, 2.75) is 73.0 Å². The Morgan fingerprint density at radius 1 is 1.00 bits per heavy atom. The monoisotopic (exact) mass is 367 g/mol. The first-order chi connectivity index (χ1) is 12.8. The predicted molar refractivity (Wildman–Crippen MR) is 112 cm³/mol. The highest BCUT2D eigenvalue weighted by Gasteiger charge is 2.18. The Hall–Kier alpha value is -2.29. The molecular weight excluding hydrogens is 334 g/mol. The minimum absolute atomic E-state index is 0.0878. The van der Waals surface area contributed by atoms with Gasteiger partial charge < -0.3 is 10.1 Å². The van der Waals surface area contributed by atoms with Crippen LogP contribution in [0, 0.1) is 6.92 Å². The molecule has 146 valence electrons. The normalized spacial score (nSPS) is 12.1. The van der Waals surface area contributed by atoms with Crippen molar-refractivity contribution in [3.8, 4) is 5.75 Å². The molecule has 0 saturated carbocycles. The minimum Gasteiger partial charge on any atom is -0.481 e. The standard InChI is InChI=1S/C24H33NO2/c1-7-19-10-11-20(8-2)21(14-19)15-25-24(26)18(6)27-23-13-17(5)9-12-22(23)16(3)4/h9-14,16,18H,7-8,15H2,1-6H3,(H,25,26)/t18-/m0/s1. The molecule has 3 heteroatoms. The maximum atomic E-state index is 12.6. The topological polar surface area (TPSA) is 38.3 Å². The van der Waals surface area contributed by atoms with E-state index in [0.717, 1.165) is 29.7 Å². The number of hydrogen-bond acceptors (Lipinski definition) is 2. The molecule has 2 aromatic carbocycles. The molecule has 3 nitrogen and oxygen atoms in total. The molecule has 0 fully saturated rings. The van der Waals surface area contributed by atoms with Crippen molar-refractivity contribution in [3.63, 3.8) is 0 Å². The average molecular weight is 368 g/mol. The SMILES string of the molecule is CCc1ccc(CC)c(CNC(=O)[C@H](C)Oc2cc(C)ccc2C(C)C)c1. The van der Waals surface area contributed by atoms with Crippen LogP contribution in [0.4, 0.5) is 0 Å². The highest BCUT2D eigenvalue weighted by Crippen LogP contribution is 2.28. The van der Waals surface area contributed by atoms with Gasteiger partial charge in [0.25, 0.3) is 5.91 Å². The number of carbonyl (C=O) groups excluding carboxylic acids is 1. The summed E-state index contributed by atoms with van der Waals surface area (Å²) >= 11 is 0. The zero-order valence-corrected chi connectivity index (χ0v) is 17.6. The van der Waals surface area contributed by atoms with E-state index in [1.807, 2.05) is 19.9 Å². The summed E-state index contributed by atoms with van der Waals surface area (Å²) in [6, 6.07) is 12.7. The molecule has 27 heavy (non-hydrogen) atoms. The number of benzene rings is 2. The van der Waals surface area contributed by atoms with Crippen LogP contribution < -0.4 is 10.1 Å². The fraction of sp³-hybridized carbons (Fsp3) is 0.458. The first kappa shape index (κ1) is 21.0. The fourth-order valence-corrected chi connectivity index (χ4v) is 3.20. The van der Waals surface area contributed by atoms with E-state index >= 15 is 0 Å². The van der Waals surface area contributed by atoms with E-state index in [1.165, 1.54) is 16.7 Å². The van der Waals surface area contributed by atoms with Crippen LogP contribution in [0.25, 0.3) is 0 Å². The number of nitrogens with one attached hydrogen (secondary N) is 1. The lowest BCUT2D eigenvalue weighted by molar-refractivity contribution is -0.127. The van der Waals surface area contributed by atoms with Gasteiger partial charge in [-0.1, -0.05) is 58.0 Å². The molecule has 2 aromatic rings. The Morgan fingerprint density at radius 3 is 2.37 bits per heavy atom. The Labute approximate surface area is 164 Å². The van der Waals surface area contributed by atoms with Gasteiger partial charge >= 0.3 is 0 Å². The molecule has 1 N–H and O–H groups in total. The molecule has 0 radical (unpaired) electrons. The van der Waals surface area contributed by atoms with E-state index in [2.05, 4.69) is 63.3 Å². The molecule has 0 unspecified atom stereocenters. The number of amides is 1. The molecule has 0 saturated heterocycles. The Bertz CT molecular complexity index is 780. The van der Waals surface area contributed by atoms with Crippen molar-refractivity contribution in [2.24, 2.45) is 0 Å². The zero-order chi connectivity index (χ0) is 20.0. The first-order valence-electron chi connectivity index (χ1n) is 10.0. The van der Waals surface area contributed by atoms with E-state index in [0.29, 0.717) is 12.5 Å². The van der Waals surface area contributed by atoms with Gasteiger partial charge in [0, 0.05) is 6.54 Å². The molecule has 0 spiro atoms. The van der Waals surface area contributed by atoms with E-state index in [9.17, 15) is 4.79 Å². The number of hydrogen-bond donors (Lipinski definition) is 1. The molecule has 1 amide bonds. The van der Waals surface area contributed by atoms with Crippen LogP contribution in [-0.2, 0) is 24.2 Å². The third-order valence-corrected chi connectivity index (χ3v) is 4.98. The predicted octanol–water partition coefficient (Wildman–Crippen LogP) is 5.33. The van der Waals surface area contributed by atoms with Crippen LogP contribution in [0.1, 0.15) is 68.4 Å². The third-order valence-electron chi connectivity index (χ3n) is 4.98. The van der Waals surface area contributed by atoms with E-state index in [4.69, 9.17) is 4.74 Å². The highest BCUT2D eigenvalue weighted by atomic mass is 16.5. The molecule has 1 atom stereocenters. The number of carbonyl (C=O) groups is 1. The lowest BCUT2D eigenvalue weighted by Gasteiger charge is -2.20. The van der Waals surface area contributed by atoms with Crippen molar-refractivity contribution >= 4 is 5.91 Å². The Kier molecular flexibility index (Phi) is 7.46. The van der Waals surface area contributed by atoms with Gasteiger partial charge in [-0.15, -0.1) is 0 Å². The summed E-state index contributed by atoms with van der Waals surface area (Å²) in [5.41, 5.74) is 6.02. The van der Waals surface area contributed by atoms with Gasteiger partial charge in [0.15, 0.2) is 6.10 Å². The molecule has 0 aliphatic carbocycles. The van der Waals surface area contributed by atoms with E-state index < -0.39 is 6.10 Å². The van der Waals surface area contributed by atoms with Gasteiger partial charge in [0.2, 0.25) is 0 Å². The van der Waals surface area contributed by atoms with Gasteiger partial charge in [-0.3, -0.25) is 4.79 Å². The quantitative estimate of drug-likeness (QED) is 0.685. The molecule has 0 aliphatic rings. The van der Waals surface area contributed by atoms with Crippen molar-refractivity contribution in [2.75, 3.05) is 0 Å². The molecular formula is C24H33NO2. The second-order valence-electron chi connectivity index (χ2n) is 7.48. The smallest absolute Gasteiger partial charge is 0.261 e. The summed E-state index contributed by atoms with van der Waals surface area (Å²) < 4.78 is 6.03. The second kappa shape index (κ2) is 9.59. The van der Waals surface area contributed by atoms with E-state index in [-0.39, 0.29) is 5.91 Å². The van der Waals surface area contributed by atoms with Crippen LogP contribution >= 0.6 is 0 Å². The van der Waals surface area contributed by atoms with Crippen LogP contribution in [0.15, 0.2) is 36.4 Å². The first-order valence-corrected chi connectivity index (χ1v) is 10.0. The maximum Gasteiger partial charge on any atom is 0.261 e. The number of aryl methyl sites for hydroxylation is 3. The van der Waals surface area contributed by atoms with Crippen molar-refractivity contribution in [3.05, 3.63) is 64.2 Å². The van der Waals surface area contributed by atoms with Crippen molar-refractivity contribution < 1.29 is 9.53 Å². The summed E-state index contributed by atoms with van der Waals surface area (Å²) in [6.45, 7) is 12.9. The second-order valence-corrected chi connectivity index (χ2v) is 7.48. The van der Waals surface area contributed by atoms with Crippen LogP contribution in [-0.4, -0.2) is 12.0 Å². The molecule has 0 aliphatic heterocycles. The van der Waals surface area contributed by atoms with Crippen LogP contribution in [0.2, 0.25) is 0 Å². The van der Waals surface area contributed by atoms with E-state index in [1.54, 1.807) is 0 Å². The third kappa shape index (κ3) is 5.59. The van der Waals surface area contributed by atoms with Gasteiger partial charge in [-0.05, 0) is 66.5 Å². The fourth-order valence-electron chi connectivity index (χ4n) is 3.20.